The van der Waals surface area contributed by atoms with E-state index in [1.165, 1.54) is 11.3 Å². The maximum atomic E-state index is 12.2. The van der Waals surface area contributed by atoms with Crippen LogP contribution >= 0.6 is 23.7 Å². The van der Waals surface area contributed by atoms with E-state index < -0.39 is 10.0 Å². The standard InChI is InChI=1S/C14H18N2O2S2.ClH/c1-10-9-14(11(2)19-10)20(17,18)16-8-7-12-3-5-13(15)6-4-12;/h3-6,9,16H,7-8,15H2,1-2H3;1H. The van der Waals surface area contributed by atoms with Crippen molar-refractivity contribution in [1.29, 1.82) is 0 Å². The van der Waals surface area contributed by atoms with Gasteiger partial charge in [0.1, 0.15) is 0 Å². The van der Waals surface area contributed by atoms with Gasteiger partial charge >= 0.3 is 0 Å². The first-order valence-corrected chi connectivity index (χ1v) is 8.59. The van der Waals surface area contributed by atoms with Crippen molar-refractivity contribution in [1.82, 2.24) is 4.72 Å². The Morgan fingerprint density at radius 1 is 1.19 bits per heavy atom. The highest BCUT2D eigenvalue weighted by molar-refractivity contribution is 7.89. The molecule has 2 rings (SSSR count). The summed E-state index contributed by atoms with van der Waals surface area (Å²) in [5.41, 5.74) is 7.37. The average molecular weight is 347 g/mol. The minimum atomic E-state index is -3.41. The van der Waals surface area contributed by atoms with Crippen LogP contribution in [-0.2, 0) is 16.4 Å². The maximum Gasteiger partial charge on any atom is 0.241 e. The number of nitrogen functional groups attached to an aromatic ring is 1. The summed E-state index contributed by atoms with van der Waals surface area (Å²) < 4.78 is 27.0. The Labute approximate surface area is 135 Å². The fraction of sp³-hybridized carbons (Fsp3) is 0.286. The molecule has 116 valence electrons. The molecule has 0 fully saturated rings. The number of nitrogens with two attached hydrogens (primary N) is 1. The van der Waals surface area contributed by atoms with Crippen LogP contribution in [0.1, 0.15) is 15.3 Å². The number of thiophene rings is 1. The summed E-state index contributed by atoms with van der Waals surface area (Å²) in [5, 5.41) is 0. The van der Waals surface area contributed by atoms with Crippen molar-refractivity contribution in [2.75, 3.05) is 12.3 Å². The molecule has 0 saturated carbocycles. The SMILES string of the molecule is Cc1cc(S(=O)(=O)NCCc2ccc(N)cc2)c(C)s1.Cl. The van der Waals surface area contributed by atoms with Crippen LogP contribution in [0.2, 0.25) is 0 Å². The summed E-state index contributed by atoms with van der Waals surface area (Å²) in [6.45, 7) is 4.11. The minimum absolute atomic E-state index is 0. The van der Waals surface area contributed by atoms with Gasteiger partial charge in [0, 0.05) is 22.0 Å². The summed E-state index contributed by atoms with van der Waals surface area (Å²) >= 11 is 1.49. The molecule has 0 atom stereocenters. The zero-order chi connectivity index (χ0) is 14.8. The molecule has 0 spiro atoms. The van der Waals surface area contributed by atoms with Crippen molar-refractivity contribution in [3.63, 3.8) is 0 Å². The minimum Gasteiger partial charge on any atom is -0.399 e. The number of benzene rings is 1. The summed E-state index contributed by atoms with van der Waals surface area (Å²) in [4.78, 5) is 2.21. The second-order valence-corrected chi connectivity index (χ2v) is 7.86. The quantitative estimate of drug-likeness (QED) is 0.817. The maximum absolute atomic E-state index is 12.2. The van der Waals surface area contributed by atoms with Gasteiger partial charge in [-0.05, 0) is 44.0 Å². The number of hydrogen-bond donors (Lipinski definition) is 2. The van der Waals surface area contributed by atoms with E-state index in [1.54, 1.807) is 6.07 Å². The Bertz CT molecular complexity index is 694. The molecule has 1 heterocycles. The van der Waals surface area contributed by atoms with Crippen LogP contribution in [0.15, 0.2) is 35.2 Å². The lowest BCUT2D eigenvalue weighted by Gasteiger charge is -2.06. The van der Waals surface area contributed by atoms with Gasteiger partial charge in [0.2, 0.25) is 10.0 Å². The highest BCUT2D eigenvalue weighted by Crippen LogP contribution is 2.24. The highest BCUT2D eigenvalue weighted by atomic mass is 35.5. The van der Waals surface area contributed by atoms with Crippen LogP contribution in [0.25, 0.3) is 0 Å². The van der Waals surface area contributed by atoms with Gasteiger partial charge in [0.25, 0.3) is 0 Å². The molecule has 0 aliphatic carbocycles. The van der Waals surface area contributed by atoms with Gasteiger partial charge in [0.05, 0.1) is 4.90 Å². The van der Waals surface area contributed by atoms with Gasteiger partial charge in [-0.1, -0.05) is 12.1 Å². The van der Waals surface area contributed by atoms with E-state index in [0.29, 0.717) is 23.5 Å². The summed E-state index contributed by atoms with van der Waals surface area (Å²) in [5.74, 6) is 0. The predicted octanol–water partition coefficient (Wildman–Crippen LogP) is 2.89. The van der Waals surface area contributed by atoms with Crippen LogP contribution in [-0.4, -0.2) is 15.0 Å². The van der Waals surface area contributed by atoms with Crippen molar-refractivity contribution in [2.45, 2.75) is 25.2 Å². The Balaban J connectivity index is 0.00000220. The molecule has 0 radical (unpaired) electrons. The number of anilines is 1. The molecule has 0 bridgehead atoms. The summed E-state index contributed by atoms with van der Waals surface area (Å²) in [7, 11) is -3.41. The molecule has 0 aliphatic rings. The number of halogens is 1. The van der Waals surface area contributed by atoms with E-state index in [9.17, 15) is 8.42 Å². The van der Waals surface area contributed by atoms with E-state index in [-0.39, 0.29) is 12.4 Å². The number of rotatable bonds is 5. The molecule has 1 aromatic heterocycles. The van der Waals surface area contributed by atoms with E-state index in [2.05, 4.69) is 4.72 Å². The van der Waals surface area contributed by atoms with Gasteiger partial charge in [-0.2, -0.15) is 0 Å². The second-order valence-electron chi connectivity index (χ2n) is 4.67. The van der Waals surface area contributed by atoms with Crippen LogP contribution in [0.5, 0.6) is 0 Å². The Morgan fingerprint density at radius 3 is 2.33 bits per heavy atom. The van der Waals surface area contributed by atoms with Crippen molar-refractivity contribution in [3.8, 4) is 0 Å². The number of hydrogen-bond acceptors (Lipinski definition) is 4. The lowest BCUT2D eigenvalue weighted by Crippen LogP contribution is -2.26. The van der Waals surface area contributed by atoms with E-state index in [4.69, 9.17) is 5.73 Å². The second kappa shape index (κ2) is 7.26. The molecule has 0 saturated heterocycles. The zero-order valence-electron chi connectivity index (χ0n) is 11.9. The molecular formula is C14H19ClN2O2S2. The molecule has 21 heavy (non-hydrogen) atoms. The predicted molar refractivity (Wildman–Crippen MR) is 90.8 cm³/mol. The van der Waals surface area contributed by atoms with Gasteiger partial charge in [-0.3, -0.25) is 0 Å². The normalized spacial score (nSPS) is 11.1. The Hall–Kier alpha value is -1.08. The van der Waals surface area contributed by atoms with Crippen molar-refractivity contribution >= 4 is 39.5 Å². The van der Waals surface area contributed by atoms with Gasteiger partial charge < -0.3 is 5.73 Å². The van der Waals surface area contributed by atoms with Gasteiger partial charge in [-0.15, -0.1) is 23.7 Å². The molecule has 1 aromatic carbocycles. The number of nitrogens with one attached hydrogen (secondary N) is 1. The van der Waals surface area contributed by atoms with Gasteiger partial charge in [-0.25, -0.2) is 13.1 Å². The van der Waals surface area contributed by atoms with Crippen molar-refractivity contribution in [2.24, 2.45) is 0 Å². The fourth-order valence-electron chi connectivity index (χ4n) is 1.97. The van der Waals surface area contributed by atoms with Gasteiger partial charge in [0.15, 0.2) is 0 Å². The van der Waals surface area contributed by atoms with Crippen molar-refractivity contribution < 1.29 is 8.42 Å². The highest BCUT2D eigenvalue weighted by Gasteiger charge is 2.18. The third kappa shape index (κ3) is 4.71. The van der Waals surface area contributed by atoms with Crippen LogP contribution in [0.3, 0.4) is 0 Å². The first kappa shape index (κ1) is 18.0. The number of sulfonamides is 1. The van der Waals surface area contributed by atoms with E-state index in [1.807, 2.05) is 38.1 Å². The monoisotopic (exact) mass is 346 g/mol. The molecule has 0 aliphatic heterocycles. The van der Waals surface area contributed by atoms with Crippen LogP contribution < -0.4 is 10.5 Å². The fourth-order valence-corrected chi connectivity index (χ4v) is 4.55. The summed E-state index contributed by atoms with van der Waals surface area (Å²) in [6, 6.07) is 9.16. The largest absolute Gasteiger partial charge is 0.399 e. The summed E-state index contributed by atoms with van der Waals surface area (Å²) in [6.07, 6.45) is 0.641. The molecule has 7 heteroatoms. The van der Waals surface area contributed by atoms with Crippen LogP contribution in [0, 0.1) is 13.8 Å². The lowest BCUT2D eigenvalue weighted by atomic mass is 10.1. The Kier molecular flexibility index (Phi) is 6.22. The van der Waals surface area contributed by atoms with Crippen molar-refractivity contribution in [3.05, 3.63) is 45.6 Å². The topological polar surface area (TPSA) is 72.2 Å². The average Bonchev–Trinajstić information content (AvgIpc) is 2.72. The Morgan fingerprint density at radius 2 is 1.81 bits per heavy atom. The molecule has 4 nitrogen and oxygen atoms in total. The first-order valence-electron chi connectivity index (χ1n) is 6.29. The van der Waals surface area contributed by atoms with Crippen LogP contribution in [0.4, 0.5) is 5.69 Å². The molecular weight excluding hydrogens is 328 g/mol. The van der Waals surface area contributed by atoms with E-state index >= 15 is 0 Å². The molecule has 3 N–H and O–H groups in total. The molecule has 0 amide bonds. The zero-order valence-corrected chi connectivity index (χ0v) is 14.4. The first-order chi connectivity index (χ1) is 9.38. The smallest absolute Gasteiger partial charge is 0.241 e. The molecule has 2 aromatic rings. The number of aryl methyl sites for hydroxylation is 2. The molecule has 0 unspecified atom stereocenters. The lowest BCUT2D eigenvalue weighted by molar-refractivity contribution is 0.581. The third-order valence-electron chi connectivity index (χ3n) is 2.97. The van der Waals surface area contributed by atoms with E-state index in [0.717, 1.165) is 15.3 Å². The third-order valence-corrected chi connectivity index (χ3v) is 5.65.